The third-order valence-electron chi connectivity index (χ3n) is 4.54. The monoisotopic (exact) mass is 463 g/mol. The van der Waals surface area contributed by atoms with Crippen LogP contribution in [0.25, 0.3) is 0 Å². The highest BCUT2D eigenvalue weighted by molar-refractivity contribution is 7.87. The number of rotatable bonds is 5. The van der Waals surface area contributed by atoms with Crippen LogP contribution >= 0.6 is 11.6 Å². The maximum Gasteiger partial charge on any atom is 0.387 e. The van der Waals surface area contributed by atoms with Crippen LogP contribution in [0.15, 0.2) is 42.5 Å². The van der Waals surface area contributed by atoms with Crippen molar-refractivity contribution in [3.63, 3.8) is 0 Å². The number of halogens is 4. The van der Waals surface area contributed by atoms with Crippen LogP contribution in [0.3, 0.4) is 0 Å². The quantitative estimate of drug-likeness (QED) is 0.712. The molecule has 1 amide bonds. The van der Waals surface area contributed by atoms with Gasteiger partial charge >= 0.3 is 6.61 Å². The molecular weight excluding hydrogens is 447 g/mol. The van der Waals surface area contributed by atoms with E-state index in [9.17, 15) is 26.4 Å². The molecule has 2 aromatic rings. The molecule has 1 aliphatic rings. The Morgan fingerprint density at radius 2 is 2.03 bits per heavy atom. The SMILES string of the molecule is CN1C(C(=O)Nc2ccc(F)c(Cl)c2)CC(c2cccc(OC(F)F)c2)NS1(=O)=O. The molecule has 3 rings (SSSR count). The first-order valence-electron chi connectivity index (χ1n) is 8.63. The third kappa shape index (κ3) is 5.04. The van der Waals surface area contributed by atoms with Gasteiger partial charge in [0.2, 0.25) is 5.91 Å². The summed E-state index contributed by atoms with van der Waals surface area (Å²) in [6.07, 6.45) is 0.00855. The highest BCUT2D eigenvalue weighted by atomic mass is 35.5. The van der Waals surface area contributed by atoms with E-state index in [1.807, 2.05) is 0 Å². The van der Waals surface area contributed by atoms with Crippen molar-refractivity contribution in [1.82, 2.24) is 9.03 Å². The van der Waals surface area contributed by atoms with Gasteiger partial charge < -0.3 is 10.1 Å². The van der Waals surface area contributed by atoms with Crippen LogP contribution in [0, 0.1) is 5.82 Å². The molecule has 1 aliphatic heterocycles. The van der Waals surface area contributed by atoms with Gasteiger partial charge in [0.25, 0.3) is 10.2 Å². The summed E-state index contributed by atoms with van der Waals surface area (Å²) < 4.78 is 70.9. The Balaban J connectivity index is 1.84. The fourth-order valence-corrected chi connectivity index (χ4v) is 4.49. The van der Waals surface area contributed by atoms with Crippen LogP contribution in [0.2, 0.25) is 5.02 Å². The molecule has 1 fully saturated rings. The predicted octanol–water partition coefficient (Wildman–Crippen LogP) is 3.30. The van der Waals surface area contributed by atoms with E-state index in [0.717, 1.165) is 10.4 Å². The minimum absolute atomic E-state index is 0.00855. The summed E-state index contributed by atoms with van der Waals surface area (Å²) in [4.78, 5) is 12.7. The second-order valence-corrected chi connectivity index (χ2v) is 8.68. The summed E-state index contributed by atoms with van der Waals surface area (Å²) in [5.41, 5.74) is 0.548. The van der Waals surface area contributed by atoms with Crippen molar-refractivity contribution in [3.8, 4) is 5.75 Å². The van der Waals surface area contributed by atoms with Crippen LogP contribution in [0.4, 0.5) is 18.9 Å². The van der Waals surface area contributed by atoms with Gasteiger partial charge in [-0.25, -0.2) is 4.39 Å². The first kappa shape index (κ1) is 22.3. The molecule has 2 atom stereocenters. The number of hydrogen-bond acceptors (Lipinski definition) is 4. The summed E-state index contributed by atoms with van der Waals surface area (Å²) in [6, 6.07) is 7.13. The second-order valence-electron chi connectivity index (χ2n) is 6.51. The molecule has 1 heterocycles. The Morgan fingerprint density at radius 3 is 2.70 bits per heavy atom. The standard InChI is InChI=1S/C18H17ClF3N3O4S/c1-25-16(17(26)23-11-5-6-14(20)13(19)8-11)9-15(24-30(25,27)28)10-3-2-4-12(7-10)29-18(21)22/h2-8,15-16,18,24H,9H2,1H3,(H,23,26). The lowest BCUT2D eigenvalue weighted by Gasteiger charge is -2.36. The van der Waals surface area contributed by atoms with Gasteiger partial charge in [-0.15, -0.1) is 0 Å². The van der Waals surface area contributed by atoms with Gasteiger partial charge in [0.15, 0.2) is 0 Å². The van der Waals surface area contributed by atoms with E-state index in [1.54, 1.807) is 0 Å². The highest BCUT2D eigenvalue weighted by Crippen LogP contribution is 2.31. The van der Waals surface area contributed by atoms with E-state index in [1.165, 1.54) is 43.4 Å². The molecular formula is C18H17ClF3N3O4S. The van der Waals surface area contributed by atoms with Crippen LogP contribution < -0.4 is 14.8 Å². The Bertz CT molecular complexity index is 1050. The van der Waals surface area contributed by atoms with Crippen molar-refractivity contribution >= 4 is 33.4 Å². The summed E-state index contributed by atoms with van der Waals surface area (Å²) in [5.74, 6) is -1.46. The molecule has 30 heavy (non-hydrogen) atoms. The molecule has 0 bridgehead atoms. The average molecular weight is 464 g/mol. The van der Waals surface area contributed by atoms with Gasteiger partial charge in [0.1, 0.15) is 17.6 Å². The summed E-state index contributed by atoms with van der Waals surface area (Å²) in [6.45, 7) is -3.03. The van der Waals surface area contributed by atoms with Gasteiger partial charge in [0, 0.05) is 12.7 Å². The van der Waals surface area contributed by atoms with Crippen molar-refractivity contribution in [3.05, 3.63) is 58.9 Å². The van der Waals surface area contributed by atoms with Crippen LogP contribution in [0.1, 0.15) is 18.0 Å². The number of alkyl halides is 2. The molecule has 12 heteroatoms. The first-order chi connectivity index (χ1) is 14.1. The smallest absolute Gasteiger partial charge is 0.387 e. The number of nitrogens with zero attached hydrogens (tertiary/aromatic N) is 1. The first-order valence-corrected chi connectivity index (χ1v) is 10.4. The lowest BCUT2D eigenvalue weighted by atomic mass is 9.99. The minimum atomic E-state index is -4.05. The highest BCUT2D eigenvalue weighted by Gasteiger charge is 2.40. The number of nitrogens with one attached hydrogen (secondary N) is 2. The second kappa shape index (κ2) is 8.80. The molecule has 1 saturated heterocycles. The number of carbonyl (C=O) groups is 1. The Hall–Kier alpha value is -2.34. The number of carbonyl (C=O) groups excluding carboxylic acids is 1. The number of likely N-dealkylation sites (N-methyl/N-ethyl adjacent to an activating group) is 1. The van der Waals surface area contributed by atoms with E-state index in [4.69, 9.17) is 11.6 Å². The molecule has 162 valence electrons. The minimum Gasteiger partial charge on any atom is -0.435 e. The molecule has 0 saturated carbocycles. The molecule has 0 spiro atoms. The summed E-state index contributed by atoms with van der Waals surface area (Å²) >= 11 is 5.70. The average Bonchev–Trinajstić information content (AvgIpc) is 2.66. The van der Waals surface area contributed by atoms with Gasteiger partial charge in [-0.2, -0.15) is 26.2 Å². The maximum atomic E-state index is 13.3. The molecule has 0 aliphatic carbocycles. The topological polar surface area (TPSA) is 87.7 Å². The lowest BCUT2D eigenvalue weighted by Crippen LogP contribution is -2.55. The zero-order valence-electron chi connectivity index (χ0n) is 15.5. The van der Waals surface area contributed by atoms with E-state index in [0.29, 0.717) is 5.56 Å². The maximum absolute atomic E-state index is 13.3. The van der Waals surface area contributed by atoms with E-state index in [2.05, 4.69) is 14.8 Å². The Labute approximate surface area is 176 Å². The summed E-state index contributed by atoms with van der Waals surface area (Å²) in [7, 11) is -2.82. The van der Waals surface area contributed by atoms with E-state index >= 15 is 0 Å². The van der Waals surface area contributed by atoms with Crippen LogP contribution in [-0.2, 0) is 15.0 Å². The number of hydrogen-bond donors (Lipinski definition) is 2. The lowest BCUT2D eigenvalue weighted by molar-refractivity contribution is -0.120. The van der Waals surface area contributed by atoms with Gasteiger partial charge in [-0.1, -0.05) is 23.7 Å². The third-order valence-corrected chi connectivity index (χ3v) is 6.43. The molecule has 7 nitrogen and oxygen atoms in total. The Kier molecular flexibility index (Phi) is 6.56. The number of amides is 1. The van der Waals surface area contributed by atoms with E-state index < -0.39 is 40.6 Å². The largest absolute Gasteiger partial charge is 0.435 e. The summed E-state index contributed by atoms with van der Waals surface area (Å²) in [5, 5.41) is 2.31. The molecule has 2 unspecified atom stereocenters. The number of benzene rings is 2. The number of anilines is 1. The van der Waals surface area contributed by atoms with Gasteiger partial charge in [0.05, 0.1) is 11.1 Å². The molecule has 0 aromatic heterocycles. The predicted molar refractivity (Wildman–Crippen MR) is 104 cm³/mol. The van der Waals surface area contributed by atoms with Gasteiger partial charge in [-0.05, 0) is 42.3 Å². The normalized spacial score (nSPS) is 21.4. The molecule has 0 radical (unpaired) electrons. The van der Waals surface area contributed by atoms with Crippen LogP contribution in [0.5, 0.6) is 5.75 Å². The fraction of sp³-hybridized carbons (Fsp3) is 0.278. The van der Waals surface area contributed by atoms with Gasteiger partial charge in [-0.3, -0.25) is 4.79 Å². The Morgan fingerprint density at radius 1 is 1.30 bits per heavy atom. The van der Waals surface area contributed by atoms with Crippen molar-refractivity contribution in [1.29, 1.82) is 0 Å². The van der Waals surface area contributed by atoms with Crippen molar-refractivity contribution in [2.75, 3.05) is 12.4 Å². The number of ether oxygens (including phenoxy) is 1. The molecule has 2 aromatic carbocycles. The zero-order chi connectivity index (χ0) is 22.1. The van der Waals surface area contributed by atoms with Crippen LogP contribution in [-0.4, -0.2) is 38.3 Å². The van der Waals surface area contributed by atoms with Crippen molar-refractivity contribution in [2.24, 2.45) is 0 Å². The zero-order valence-corrected chi connectivity index (χ0v) is 17.1. The van der Waals surface area contributed by atoms with E-state index in [-0.39, 0.29) is 22.9 Å². The van der Waals surface area contributed by atoms with Crippen molar-refractivity contribution < 1.29 is 31.1 Å². The van der Waals surface area contributed by atoms with Crippen molar-refractivity contribution in [2.45, 2.75) is 25.1 Å². The fourth-order valence-electron chi connectivity index (χ4n) is 3.03. The molecule has 2 N–H and O–H groups in total.